The van der Waals surface area contributed by atoms with Crippen LogP contribution in [0.25, 0.3) is 11.3 Å². The van der Waals surface area contributed by atoms with E-state index in [1.165, 1.54) is 13.2 Å². The maximum Gasteiger partial charge on any atom is 0.408 e. The first-order valence-corrected chi connectivity index (χ1v) is 14.2. The standard InChI is InChI=1S/C28H33F6N5O5/c1-43-14-27(30,31)26(42)5-3-16(4-6-26)36-23(40)15-9-21(28(32,33)34)39(25(12-15)7-8-25)24(41)20-11-19(37-38-20)17-10-22(44-2)35-13-18(17)29/h10-11,13,15-16,21,42H,3-9,12,14H2,1-2H3,(H,36,40)(H,37,38)/t15-,16?,21+,26?/m1/s1. The summed E-state index contributed by atoms with van der Waals surface area (Å²) >= 11 is 0. The van der Waals surface area contributed by atoms with Crippen LogP contribution < -0.4 is 10.1 Å². The predicted octanol–water partition coefficient (Wildman–Crippen LogP) is 4.01. The van der Waals surface area contributed by atoms with Gasteiger partial charge in [0.15, 0.2) is 5.82 Å². The quantitative estimate of drug-likeness (QED) is 0.375. The number of H-pyrrole nitrogens is 1. The second kappa shape index (κ2) is 11.5. The molecule has 1 saturated heterocycles. The molecule has 10 nitrogen and oxygen atoms in total. The normalized spacial score (nSPS) is 26.8. The van der Waals surface area contributed by atoms with Crippen LogP contribution >= 0.6 is 0 Å². The van der Waals surface area contributed by atoms with Crippen molar-refractivity contribution in [1.82, 2.24) is 25.4 Å². The fraction of sp³-hybridized carbons (Fsp3) is 0.643. The van der Waals surface area contributed by atoms with Gasteiger partial charge in [0.05, 0.1) is 19.0 Å². The number of nitrogens with zero attached hydrogens (tertiary/aromatic N) is 3. The molecule has 1 aliphatic heterocycles. The van der Waals surface area contributed by atoms with E-state index < -0.39 is 71.9 Å². The molecule has 2 aromatic rings. The Labute approximate surface area is 248 Å². The Morgan fingerprint density at radius 1 is 1.14 bits per heavy atom. The number of carbonyl (C=O) groups is 2. The zero-order valence-electron chi connectivity index (χ0n) is 24.0. The summed E-state index contributed by atoms with van der Waals surface area (Å²) in [6.45, 7) is -0.964. The first-order valence-electron chi connectivity index (χ1n) is 14.2. The number of carbonyl (C=O) groups excluding carboxylic acids is 2. The number of alkyl halides is 5. The molecular formula is C28H33F6N5O5. The van der Waals surface area contributed by atoms with Crippen molar-refractivity contribution >= 4 is 11.8 Å². The molecule has 0 bridgehead atoms. The Bertz CT molecular complexity index is 1390. The lowest BCUT2D eigenvalue weighted by molar-refractivity contribution is -0.218. The Balaban J connectivity index is 1.30. The highest BCUT2D eigenvalue weighted by Crippen LogP contribution is 2.55. The number of halogens is 6. The van der Waals surface area contributed by atoms with Gasteiger partial charge in [-0.25, -0.2) is 18.2 Å². The lowest BCUT2D eigenvalue weighted by atomic mass is 9.77. The van der Waals surface area contributed by atoms with Crippen LogP contribution in [-0.2, 0) is 9.53 Å². The van der Waals surface area contributed by atoms with Crippen LogP contribution in [0, 0.1) is 11.7 Å². The number of piperidine rings is 1. The van der Waals surface area contributed by atoms with Gasteiger partial charge in [-0.15, -0.1) is 0 Å². The SMILES string of the molecule is COCC(F)(F)C1(O)CCC(NC(=O)[C@@H]2C[C@@H](C(F)(F)F)N(C(=O)c3cc(-c4cc(OC)ncc4F)n[nH]3)C3(CC3)C2)CC1. The third-order valence-corrected chi connectivity index (χ3v) is 9.04. The van der Waals surface area contributed by atoms with Crippen LogP contribution in [0.15, 0.2) is 18.3 Å². The molecule has 3 N–H and O–H groups in total. The lowest BCUT2D eigenvalue weighted by Crippen LogP contribution is -2.61. The summed E-state index contributed by atoms with van der Waals surface area (Å²) in [5.41, 5.74) is -3.91. The fourth-order valence-electron chi connectivity index (χ4n) is 6.44. The number of hydrogen-bond donors (Lipinski definition) is 3. The number of pyridine rings is 1. The van der Waals surface area contributed by atoms with Gasteiger partial charge in [-0.05, 0) is 57.4 Å². The van der Waals surface area contributed by atoms with Gasteiger partial charge >= 0.3 is 6.18 Å². The van der Waals surface area contributed by atoms with E-state index in [1.807, 2.05) is 0 Å². The second-order valence-electron chi connectivity index (χ2n) is 11.9. The van der Waals surface area contributed by atoms with Crippen molar-refractivity contribution in [2.75, 3.05) is 20.8 Å². The molecule has 2 amide bonds. The van der Waals surface area contributed by atoms with Crippen molar-refractivity contribution in [3.8, 4) is 17.1 Å². The summed E-state index contributed by atoms with van der Waals surface area (Å²) in [6, 6.07) is -0.488. The highest BCUT2D eigenvalue weighted by atomic mass is 19.4. The maximum absolute atomic E-state index is 14.5. The first kappa shape index (κ1) is 32.0. The van der Waals surface area contributed by atoms with E-state index in [0.29, 0.717) is 0 Å². The molecule has 2 aromatic heterocycles. The zero-order chi connectivity index (χ0) is 32.1. The number of likely N-dealkylation sites (tertiary alicyclic amines) is 1. The van der Waals surface area contributed by atoms with Crippen molar-refractivity contribution in [2.24, 2.45) is 5.92 Å². The molecule has 1 spiro atoms. The van der Waals surface area contributed by atoms with Gasteiger partial charge < -0.3 is 24.8 Å². The molecule has 3 aliphatic rings. The van der Waals surface area contributed by atoms with E-state index in [1.54, 1.807) is 0 Å². The van der Waals surface area contributed by atoms with Crippen molar-refractivity contribution < 1.29 is 50.5 Å². The summed E-state index contributed by atoms with van der Waals surface area (Å²) < 4.78 is 96.0. The van der Waals surface area contributed by atoms with Crippen LogP contribution in [0.2, 0.25) is 0 Å². The van der Waals surface area contributed by atoms with E-state index in [0.717, 1.165) is 24.3 Å². The summed E-state index contributed by atoms with van der Waals surface area (Å²) in [7, 11) is 2.41. The van der Waals surface area contributed by atoms with E-state index in [-0.39, 0.29) is 67.8 Å². The van der Waals surface area contributed by atoms with E-state index in [9.17, 15) is 41.0 Å². The minimum atomic E-state index is -4.87. The second-order valence-corrected chi connectivity index (χ2v) is 11.9. The van der Waals surface area contributed by atoms with Crippen LogP contribution in [0.1, 0.15) is 61.9 Å². The number of methoxy groups -OCH3 is 2. The molecule has 3 fully saturated rings. The molecule has 0 unspecified atom stereocenters. The molecule has 0 aromatic carbocycles. The molecule has 3 heterocycles. The minimum absolute atomic E-state index is 0.0127. The molecule has 242 valence electrons. The number of nitrogens with one attached hydrogen (secondary N) is 2. The summed E-state index contributed by atoms with van der Waals surface area (Å²) in [6.07, 6.45) is -4.81. The molecule has 2 atom stereocenters. The number of ether oxygens (including phenoxy) is 2. The predicted molar refractivity (Wildman–Crippen MR) is 141 cm³/mol. The van der Waals surface area contributed by atoms with Crippen LogP contribution in [0.5, 0.6) is 5.88 Å². The largest absolute Gasteiger partial charge is 0.481 e. The van der Waals surface area contributed by atoms with Gasteiger partial charge in [0, 0.05) is 36.2 Å². The number of aromatic nitrogens is 3. The smallest absolute Gasteiger partial charge is 0.408 e. The van der Waals surface area contributed by atoms with Gasteiger partial charge in [0.1, 0.15) is 23.9 Å². The van der Waals surface area contributed by atoms with Crippen LogP contribution in [0.4, 0.5) is 26.3 Å². The van der Waals surface area contributed by atoms with Gasteiger partial charge in [0.25, 0.3) is 11.8 Å². The Morgan fingerprint density at radius 2 is 1.82 bits per heavy atom. The molecule has 5 rings (SSSR count). The number of hydrogen-bond acceptors (Lipinski definition) is 7. The Hall–Kier alpha value is -3.40. The maximum atomic E-state index is 14.5. The van der Waals surface area contributed by atoms with Crippen molar-refractivity contribution in [3.63, 3.8) is 0 Å². The summed E-state index contributed by atoms with van der Waals surface area (Å²) in [5.74, 6) is -6.92. The topological polar surface area (TPSA) is 130 Å². The average molecular weight is 634 g/mol. The highest BCUT2D eigenvalue weighted by molar-refractivity contribution is 5.95. The number of amides is 2. The van der Waals surface area contributed by atoms with Crippen molar-refractivity contribution in [3.05, 3.63) is 29.8 Å². The van der Waals surface area contributed by atoms with E-state index in [2.05, 4.69) is 25.2 Å². The van der Waals surface area contributed by atoms with Gasteiger partial charge in [-0.1, -0.05) is 0 Å². The minimum Gasteiger partial charge on any atom is -0.481 e. The molecule has 16 heteroatoms. The summed E-state index contributed by atoms with van der Waals surface area (Å²) in [5, 5.41) is 19.5. The zero-order valence-corrected chi connectivity index (χ0v) is 24.0. The number of rotatable bonds is 8. The molecule has 2 aliphatic carbocycles. The summed E-state index contributed by atoms with van der Waals surface area (Å²) in [4.78, 5) is 31.3. The molecular weight excluding hydrogens is 600 g/mol. The molecule has 0 radical (unpaired) electrons. The third-order valence-electron chi connectivity index (χ3n) is 9.04. The average Bonchev–Trinajstić information content (AvgIpc) is 3.54. The Morgan fingerprint density at radius 3 is 2.41 bits per heavy atom. The van der Waals surface area contributed by atoms with Crippen LogP contribution in [0.3, 0.4) is 0 Å². The van der Waals surface area contributed by atoms with Crippen molar-refractivity contribution in [1.29, 1.82) is 0 Å². The van der Waals surface area contributed by atoms with Crippen molar-refractivity contribution in [2.45, 2.75) is 86.7 Å². The van der Waals surface area contributed by atoms with E-state index >= 15 is 0 Å². The third kappa shape index (κ3) is 5.97. The Kier molecular flexibility index (Phi) is 8.37. The monoisotopic (exact) mass is 633 g/mol. The van der Waals surface area contributed by atoms with E-state index in [4.69, 9.17) is 4.74 Å². The molecule has 2 saturated carbocycles. The van der Waals surface area contributed by atoms with Gasteiger partial charge in [0.2, 0.25) is 11.8 Å². The fourth-order valence-corrected chi connectivity index (χ4v) is 6.44. The highest BCUT2D eigenvalue weighted by Gasteiger charge is 2.63. The number of aromatic amines is 1. The van der Waals surface area contributed by atoms with Crippen LogP contribution in [-0.4, -0.2) is 93.2 Å². The van der Waals surface area contributed by atoms with Gasteiger partial charge in [-0.2, -0.15) is 18.3 Å². The number of aliphatic hydroxyl groups is 1. The molecule has 44 heavy (non-hydrogen) atoms. The first-order chi connectivity index (χ1) is 20.6. The lowest BCUT2D eigenvalue weighted by Gasteiger charge is -2.46. The van der Waals surface area contributed by atoms with Gasteiger partial charge in [-0.3, -0.25) is 14.7 Å².